The van der Waals surface area contributed by atoms with Crippen molar-refractivity contribution in [1.29, 1.82) is 0 Å². The van der Waals surface area contributed by atoms with Gasteiger partial charge >= 0.3 is 0 Å². The average molecular weight is 365 g/mol. The molecule has 0 radical (unpaired) electrons. The minimum absolute atomic E-state index is 0.0366. The summed E-state index contributed by atoms with van der Waals surface area (Å²) in [5.74, 6) is -0.195. The molecular formula is C19H40O4S. The Labute approximate surface area is 150 Å². The van der Waals surface area contributed by atoms with Gasteiger partial charge in [-0.25, -0.2) is 0 Å². The summed E-state index contributed by atoms with van der Waals surface area (Å²) in [7, 11) is -3.88. The van der Waals surface area contributed by atoms with E-state index < -0.39 is 10.1 Å². The minimum Gasteiger partial charge on any atom is -0.378 e. The number of ether oxygens (including phenoxy) is 1. The van der Waals surface area contributed by atoms with Crippen LogP contribution in [0.25, 0.3) is 0 Å². The Bertz CT molecular complexity index is 354. The molecule has 0 aliphatic heterocycles. The van der Waals surface area contributed by atoms with Crippen LogP contribution in [0.5, 0.6) is 0 Å². The zero-order valence-electron chi connectivity index (χ0n) is 16.0. The van der Waals surface area contributed by atoms with Crippen molar-refractivity contribution in [3.05, 3.63) is 0 Å². The minimum atomic E-state index is -3.88. The topological polar surface area (TPSA) is 63.6 Å². The molecule has 0 saturated carbocycles. The van der Waals surface area contributed by atoms with Crippen LogP contribution in [0, 0.1) is 0 Å². The molecule has 1 unspecified atom stereocenters. The van der Waals surface area contributed by atoms with Crippen LogP contribution in [0.2, 0.25) is 0 Å². The molecule has 0 aromatic carbocycles. The summed E-state index contributed by atoms with van der Waals surface area (Å²) in [5.41, 5.74) is 0. The van der Waals surface area contributed by atoms with Gasteiger partial charge in [0.1, 0.15) is 0 Å². The highest BCUT2D eigenvalue weighted by atomic mass is 32.2. The predicted octanol–water partition coefficient (Wildman–Crippen LogP) is 5.76. The highest BCUT2D eigenvalue weighted by molar-refractivity contribution is 7.85. The zero-order valence-corrected chi connectivity index (χ0v) is 16.8. The summed E-state index contributed by atoms with van der Waals surface area (Å²) in [5, 5.41) is 0. The number of unbranched alkanes of at least 4 members (excludes halogenated alkanes) is 10. The van der Waals surface area contributed by atoms with Gasteiger partial charge in [0, 0.05) is 6.61 Å². The summed E-state index contributed by atoms with van der Waals surface area (Å²) in [6, 6.07) is 0. The molecule has 0 aliphatic rings. The van der Waals surface area contributed by atoms with Gasteiger partial charge in [0.25, 0.3) is 10.1 Å². The summed E-state index contributed by atoms with van der Waals surface area (Å²) in [6.07, 6.45) is 16.6. The van der Waals surface area contributed by atoms with E-state index in [0.717, 1.165) is 19.3 Å². The molecule has 0 saturated heterocycles. The fourth-order valence-electron chi connectivity index (χ4n) is 2.91. The Morgan fingerprint density at radius 1 is 0.750 bits per heavy atom. The fraction of sp³-hybridized carbons (Fsp3) is 1.00. The van der Waals surface area contributed by atoms with Crippen molar-refractivity contribution in [1.82, 2.24) is 0 Å². The van der Waals surface area contributed by atoms with Crippen LogP contribution in [0.3, 0.4) is 0 Å². The van der Waals surface area contributed by atoms with Gasteiger partial charge in [-0.3, -0.25) is 4.55 Å². The van der Waals surface area contributed by atoms with Crippen molar-refractivity contribution in [3.63, 3.8) is 0 Å². The third kappa shape index (κ3) is 18.2. The van der Waals surface area contributed by atoms with Crippen molar-refractivity contribution in [2.45, 2.75) is 110 Å². The largest absolute Gasteiger partial charge is 0.378 e. The van der Waals surface area contributed by atoms with Gasteiger partial charge in [0.2, 0.25) is 0 Å². The lowest BCUT2D eigenvalue weighted by Gasteiger charge is -2.17. The van der Waals surface area contributed by atoms with E-state index in [1.54, 1.807) is 0 Å². The van der Waals surface area contributed by atoms with Gasteiger partial charge in [0.15, 0.2) is 0 Å². The lowest BCUT2D eigenvalue weighted by molar-refractivity contribution is 0.0438. The first kappa shape index (κ1) is 23.9. The quantitative estimate of drug-likeness (QED) is 0.248. The van der Waals surface area contributed by atoms with E-state index in [0.29, 0.717) is 13.0 Å². The van der Waals surface area contributed by atoms with E-state index in [2.05, 4.69) is 6.92 Å². The smallest absolute Gasteiger partial charge is 0.264 e. The molecule has 0 fully saturated rings. The molecule has 4 nitrogen and oxygen atoms in total. The third-order valence-corrected chi connectivity index (χ3v) is 5.14. The number of hydrogen-bond donors (Lipinski definition) is 1. The average Bonchev–Trinajstić information content (AvgIpc) is 2.53. The SMILES string of the molecule is CCCCCCCCCCCCCC(CCS(=O)(=O)O)OCCC. The van der Waals surface area contributed by atoms with Crippen LogP contribution in [0.1, 0.15) is 104 Å². The lowest BCUT2D eigenvalue weighted by Crippen LogP contribution is -2.18. The summed E-state index contributed by atoms with van der Waals surface area (Å²) in [6.45, 7) is 4.96. The van der Waals surface area contributed by atoms with E-state index in [4.69, 9.17) is 9.29 Å². The standard InChI is InChI=1S/C19H40O4S/c1-3-5-6-7-8-9-10-11-12-13-14-15-19(23-17-4-2)16-18-24(20,21)22/h19H,3-18H2,1-2H3,(H,20,21,22). The van der Waals surface area contributed by atoms with Gasteiger partial charge in [-0.2, -0.15) is 8.42 Å². The summed E-state index contributed by atoms with van der Waals surface area (Å²) >= 11 is 0. The van der Waals surface area contributed by atoms with Gasteiger partial charge in [-0.1, -0.05) is 84.5 Å². The molecule has 0 aliphatic carbocycles. The molecule has 0 amide bonds. The second-order valence-corrected chi connectivity index (χ2v) is 8.46. The first-order valence-corrected chi connectivity index (χ1v) is 11.7. The Kier molecular flexibility index (Phi) is 16.3. The maximum atomic E-state index is 10.9. The van der Waals surface area contributed by atoms with Crippen LogP contribution < -0.4 is 0 Å². The van der Waals surface area contributed by atoms with Gasteiger partial charge < -0.3 is 4.74 Å². The van der Waals surface area contributed by atoms with Crippen LogP contribution in [0.4, 0.5) is 0 Å². The van der Waals surface area contributed by atoms with Crippen LogP contribution in [-0.2, 0) is 14.9 Å². The molecule has 0 aromatic heterocycles. The molecular weight excluding hydrogens is 324 g/mol. The van der Waals surface area contributed by atoms with E-state index in [-0.39, 0.29) is 11.9 Å². The van der Waals surface area contributed by atoms with Gasteiger partial charge in [-0.05, 0) is 19.3 Å². The number of rotatable bonds is 18. The van der Waals surface area contributed by atoms with E-state index in [1.165, 1.54) is 64.2 Å². The first-order chi connectivity index (χ1) is 11.5. The van der Waals surface area contributed by atoms with Crippen LogP contribution in [0.15, 0.2) is 0 Å². The lowest BCUT2D eigenvalue weighted by atomic mass is 10.0. The van der Waals surface area contributed by atoms with Crippen molar-refractivity contribution < 1.29 is 17.7 Å². The first-order valence-electron chi connectivity index (χ1n) is 10.1. The molecule has 1 N–H and O–H groups in total. The van der Waals surface area contributed by atoms with Crippen molar-refractivity contribution in [2.75, 3.05) is 12.4 Å². The monoisotopic (exact) mass is 364 g/mol. The van der Waals surface area contributed by atoms with Crippen molar-refractivity contribution >= 4 is 10.1 Å². The van der Waals surface area contributed by atoms with Gasteiger partial charge in [0.05, 0.1) is 11.9 Å². The van der Waals surface area contributed by atoms with Crippen molar-refractivity contribution in [3.8, 4) is 0 Å². The Morgan fingerprint density at radius 3 is 1.71 bits per heavy atom. The molecule has 0 rings (SSSR count). The highest BCUT2D eigenvalue weighted by Gasteiger charge is 2.13. The maximum Gasteiger partial charge on any atom is 0.264 e. The van der Waals surface area contributed by atoms with E-state index in [1.807, 2.05) is 6.92 Å². The number of hydrogen-bond acceptors (Lipinski definition) is 3. The molecule has 0 aromatic rings. The molecule has 146 valence electrons. The Morgan fingerprint density at radius 2 is 1.25 bits per heavy atom. The molecule has 0 heterocycles. The van der Waals surface area contributed by atoms with Gasteiger partial charge in [-0.15, -0.1) is 0 Å². The maximum absolute atomic E-state index is 10.9. The Balaban J connectivity index is 3.57. The van der Waals surface area contributed by atoms with E-state index >= 15 is 0 Å². The summed E-state index contributed by atoms with van der Waals surface area (Å²) < 4.78 is 36.3. The second kappa shape index (κ2) is 16.3. The van der Waals surface area contributed by atoms with Crippen molar-refractivity contribution in [2.24, 2.45) is 0 Å². The molecule has 24 heavy (non-hydrogen) atoms. The summed E-state index contributed by atoms with van der Waals surface area (Å²) in [4.78, 5) is 0. The second-order valence-electron chi connectivity index (χ2n) is 6.89. The molecule has 1 atom stereocenters. The van der Waals surface area contributed by atoms with E-state index in [9.17, 15) is 8.42 Å². The fourth-order valence-corrected chi connectivity index (χ4v) is 3.47. The highest BCUT2D eigenvalue weighted by Crippen LogP contribution is 2.15. The van der Waals surface area contributed by atoms with Crippen LogP contribution >= 0.6 is 0 Å². The molecule has 0 spiro atoms. The zero-order chi connectivity index (χ0) is 18.1. The predicted molar refractivity (Wildman–Crippen MR) is 102 cm³/mol. The Hall–Kier alpha value is -0.130. The molecule has 5 heteroatoms. The normalized spacial score (nSPS) is 13.3. The third-order valence-electron chi connectivity index (χ3n) is 4.39. The van der Waals surface area contributed by atoms with Crippen LogP contribution in [-0.4, -0.2) is 31.4 Å². The molecule has 0 bridgehead atoms.